The first kappa shape index (κ1) is 7.98. The first-order valence-electron chi connectivity index (χ1n) is 4.08. The van der Waals surface area contributed by atoms with Crippen molar-refractivity contribution in [2.75, 3.05) is 0 Å². The molecule has 0 heterocycles. The van der Waals surface area contributed by atoms with Crippen molar-refractivity contribution in [2.24, 2.45) is 0 Å². The molecule has 13 heavy (non-hydrogen) atoms. The summed E-state index contributed by atoms with van der Waals surface area (Å²) in [6.07, 6.45) is 1.19. The van der Waals surface area contributed by atoms with Gasteiger partial charge in [0.15, 0.2) is 5.78 Å². The van der Waals surface area contributed by atoms with Crippen molar-refractivity contribution in [2.45, 2.75) is 12.8 Å². The van der Waals surface area contributed by atoms with Crippen LogP contribution in [0.5, 0.6) is 0 Å². The Kier molecular flexibility index (Phi) is 1.65. The molecule has 0 spiro atoms. The molecule has 0 fully saturated rings. The van der Waals surface area contributed by atoms with Gasteiger partial charge in [0, 0.05) is 12.0 Å². The number of carbonyl (C=O) groups excluding carboxylic acids is 1. The lowest BCUT2D eigenvalue weighted by Gasteiger charge is -1.98. The highest BCUT2D eigenvalue weighted by Gasteiger charge is 2.20. The molecule has 0 unspecified atom stereocenters. The summed E-state index contributed by atoms with van der Waals surface area (Å²) in [5, 5.41) is 8.70. The van der Waals surface area contributed by atoms with Gasteiger partial charge in [0.1, 0.15) is 0 Å². The van der Waals surface area contributed by atoms with E-state index in [1.165, 1.54) is 6.07 Å². The number of ketones is 1. The summed E-state index contributed by atoms with van der Waals surface area (Å²) in [5.74, 6) is -0.825. The number of carbonyl (C=O) groups is 2. The second kappa shape index (κ2) is 2.69. The average molecular weight is 176 g/mol. The molecule has 1 aromatic rings. The van der Waals surface area contributed by atoms with Crippen molar-refractivity contribution in [3.63, 3.8) is 0 Å². The van der Waals surface area contributed by atoms with Crippen LogP contribution in [0.2, 0.25) is 0 Å². The number of carboxylic acid groups (broad SMARTS) is 1. The minimum atomic E-state index is -0.942. The van der Waals surface area contributed by atoms with Gasteiger partial charge >= 0.3 is 5.97 Å². The average Bonchev–Trinajstić information content (AvgIpc) is 2.47. The zero-order valence-electron chi connectivity index (χ0n) is 6.91. The third kappa shape index (κ3) is 1.22. The van der Waals surface area contributed by atoms with Gasteiger partial charge in [0.25, 0.3) is 0 Å². The lowest BCUT2D eigenvalue weighted by Crippen LogP contribution is -1.98. The molecular weight excluding hydrogens is 168 g/mol. The van der Waals surface area contributed by atoms with Crippen LogP contribution >= 0.6 is 0 Å². The van der Waals surface area contributed by atoms with E-state index in [0.717, 1.165) is 5.56 Å². The van der Waals surface area contributed by atoms with Gasteiger partial charge < -0.3 is 5.11 Å². The van der Waals surface area contributed by atoms with Crippen molar-refractivity contribution < 1.29 is 14.7 Å². The molecule has 1 aromatic carbocycles. The second-order valence-electron chi connectivity index (χ2n) is 3.10. The van der Waals surface area contributed by atoms with Crippen LogP contribution in [0.3, 0.4) is 0 Å². The summed E-state index contributed by atoms with van der Waals surface area (Å²) in [5.41, 5.74) is 1.81. The minimum absolute atomic E-state index is 0.118. The van der Waals surface area contributed by atoms with E-state index >= 15 is 0 Å². The van der Waals surface area contributed by atoms with Crippen LogP contribution in [0, 0.1) is 0 Å². The molecule has 0 bridgehead atoms. The summed E-state index contributed by atoms with van der Waals surface area (Å²) in [6, 6.07) is 4.67. The first-order valence-corrected chi connectivity index (χ1v) is 4.08. The van der Waals surface area contributed by atoms with Crippen molar-refractivity contribution in [1.82, 2.24) is 0 Å². The molecule has 1 aliphatic rings. The van der Waals surface area contributed by atoms with E-state index in [1.807, 2.05) is 0 Å². The third-order valence-corrected chi connectivity index (χ3v) is 2.27. The Hall–Kier alpha value is -1.64. The van der Waals surface area contributed by atoms with Crippen molar-refractivity contribution in [1.29, 1.82) is 0 Å². The van der Waals surface area contributed by atoms with Crippen LogP contribution in [0.4, 0.5) is 0 Å². The molecule has 2 rings (SSSR count). The Morgan fingerprint density at radius 2 is 2.08 bits per heavy atom. The highest BCUT2D eigenvalue weighted by Crippen LogP contribution is 2.22. The highest BCUT2D eigenvalue weighted by atomic mass is 16.4. The van der Waals surface area contributed by atoms with Gasteiger partial charge in [-0.2, -0.15) is 0 Å². The lowest BCUT2D eigenvalue weighted by molar-refractivity contribution is 0.0696. The molecule has 0 aromatic heterocycles. The Morgan fingerprint density at radius 3 is 2.77 bits per heavy atom. The number of rotatable bonds is 1. The summed E-state index contributed by atoms with van der Waals surface area (Å²) in [4.78, 5) is 21.8. The number of Topliss-reactive ketones (excluding diaryl/α,β-unsaturated/α-hetero) is 1. The molecule has 0 aliphatic heterocycles. The van der Waals surface area contributed by atoms with Crippen LogP contribution < -0.4 is 0 Å². The fourth-order valence-electron chi connectivity index (χ4n) is 1.59. The fraction of sp³-hybridized carbons (Fsp3) is 0.200. The summed E-state index contributed by atoms with van der Waals surface area (Å²) < 4.78 is 0. The monoisotopic (exact) mass is 176 g/mol. The molecule has 0 saturated heterocycles. The summed E-state index contributed by atoms with van der Waals surface area (Å²) >= 11 is 0. The Bertz CT molecular complexity index is 393. The number of benzene rings is 1. The number of carboxylic acids is 1. The SMILES string of the molecule is O=C(O)c1ccc2c(c1)CCC2=O. The maximum absolute atomic E-state index is 11.2. The molecule has 1 aliphatic carbocycles. The number of hydrogen-bond donors (Lipinski definition) is 1. The van der Waals surface area contributed by atoms with Crippen LogP contribution in [0.15, 0.2) is 18.2 Å². The van der Waals surface area contributed by atoms with Crippen LogP contribution in [0.1, 0.15) is 32.7 Å². The van der Waals surface area contributed by atoms with Gasteiger partial charge in [-0.15, -0.1) is 0 Å². The first-order chi connectivity index (χ1) is 6.18. The molecule has 66 valence electrons. The zero-order chi connectivity index (χ0) is 9.42. The predicted octanol–water partition coefficient (Wildman–Crippen LogP) is 1.51. The summed E-state index contributed by atoms with van der Waals surface area (Å²) in [6.45, 7) is 0. The topological polar surface area (TPSA) is 54.4 Å². The molecule has 1 N–H and O–H groups in total. The molecule has 0 saturated carbocycles. The summed E-state index contributed by atoms with van der Waals surface area (Å²) in [7, 11) is 0. The molecule has 3 nitrogen and oxygen atoms in total. The van der Waals surface area contributed by atoms with Gasteiger partial charge in [-0.25, -0.2) is 4.79 Å². The molecule has 0 radical (unpaired) electrons. The number of fused-ring (bicyclic) bond motifs is 1. The number of aryl methyl sites for hydroxylation is 1. The molecule has 3 heteroatoms. The van der Waals surface area contributed by atoms with Gasteiger partial charge in [-0.1, -0.05) is 6.07 Å². The third-order valence-electron chi connectivity index (χ3n) is 2.27. The van der Waals surface area contributed by atoms with Gasteiger partial charge in [0.05, 0.1) is 5.56 Å². The molecule has 0 atom stereocenters. The number of aromatic carboxylic acids is 1. The Morgan fingerprint density at radius 1 is 1.31 bits per heavy atom. The van der Waals surface area contributed by atoms with Crippen molar-refractivity contribution in [3.8, 4) is 0 Å². The minimum Gasteiger partial charge on any atom is -0.478 e. The van der Waals surface area contributed by atoms with Crippen LogP contribution in [-0.2, 0) is 6.42 Å². The van der Waals surface area contributed by atoms with Gasteiger partial charge in [0.2, 0.25) is 0 Å². The van der Waals surface area contributed by atoms with E-state index in [2.05, 4.69) is 0 Å². The Balaban J connectivity index is 2.51. The smallest absolute Gasteiger partial charge is 0.335 e. The number of hydrogen-bond acceptors (Lipinski definition) is 2. The molecule has 0 amide bonds. The van der Waals surface area contributed by atoms with E-state index in [4.69, 9.17) is 5.11 Å². The zero-order valence-corrected chi connectivity index (χ0v) is 6.91. The van der Waals surface area contributed by atoms with Gasteiger partial charge in [-0.05, 0) is 24.1 Å². The second-order valence-corrected chi connectivity index (χ2v) is 3.10. The molecular formula is C10H8O3. The van der Waals surface area contributed by atoms with Gasteiger partial charge in [-0.3, -0.25) is 4.79 Å². The van der Waals surface area contributed by atoms with Crippen molar-refractivity contribution >= 4 is 11.8 Å². The van der Waals surface area contributed by atoms with E-state index in [-0.39, 0.29) is 11.3 Å². The van der Waals surface area contributed by atoms with E-state index < -0.39 is 5.97 Å². The predicted molar refractivity (Wildman–Crippen MR) is 46.1 cm³/mol. The van der Waals surface area contributed by atoms with E-state index in [1.54, 1.807) is 12.1 Å². The fourth-order valence-corrected chi connectivity index (χ4v) is 1.59. The van der Waals surface area contributed by atoms with E-state index in [0.29, 0.717) is 18.4 Å². The maximum atomic E-state index is 11.2. The maximum Gasteiger partial charge on any atom is 0.335 e. The lowest BCUT2D eigenvalue weighted by atomic mass is 10.1. The van der Waals surface area contributed by atoms with Crippen molar-refractivity contribution in [3.05, 3.63) is 34.9 Å². The largest absolute Gasteiger partial charge is 0.478 e. The standard InChI is InChI=1S/C10H8O3/c11-9-4-2-6-5-7(10(12)13)1-3-8(6)9/h1,3,5H,2,4H2,(H,12,13). The Labute approximate surface area is 75.0 Å². The van der Waals surface area contributed by atoms with Crippen LogP contribution in [0.25, 0.3) is 0 Å². The highest BCUT2D eigenvalue weighted by molar-refractivity contribution is 6.01. The quantitative estimate of drug-likeness (QED) is 0.705. The van der Waals surface area contributed by atoms with Crippen LogP contribution in [-0.4, -0.2) is 16.9 Å². The normalized spacial score (nSPS) is 14.3. The van der Waals surface area contributed by atoms with E-state index in [9.17, 15) is 9.59 Å².